The van der Waals surface area contributed by atoms with Gasteiger partial charge in [0, 0.05) is 80.7 Å². The third-order valence-electron chi connectivity index (χ3n) is 13.1. The Morgan fingerprint density at radius 2 is 1.60 bits per heavy atom. The number of halogens is 1. The quantitative estimate of drug-likeness (QED) is 0.113. The summed E-state index contributed by atoms with van der Waals surface area (Å²) in [6.07, 6.45) is 7.60. The summed E-state index contributed by atoms with van der Waals surface area (Å²) in [5.41, 5.74) is 2.92. The standard InChI is InChI=1S/C46H46ClN9O6/c47-37-21-32(62-31-4-2-1-3-5-31)7-9-34(37)41(58)36-22-48-42-40(36)43(50-26-49-42)51-28-12-18-54(19-13-28)29-14-16-53(17-15-29)23-27-24-55(25-27)30-6-8-33-35(20-30)46(61)56(45(33)60)38-10-11-39(57)52-44(38)59/h1-9,20-22,26-29,38H,10-19,23-25H2,(H,52,57,59)(H2,48,49,50,51). The lowest BCUT2D eigenvalue weighted by atomic mass is 9.94. The van der Waals surface area contributed by atoms with Crippen molar-refractivity contribution in [2.45, 2.75) is 56.7 Å². The van der Waals surface area contributed by atoms with Crippen LogP contribution in [0.1, 0.15) is 75.2 Å². The van der Waals surface area contributed by atoms with Gasteiger partial charge in [0.2, 0.25) is 11.8 Å². The molecule has 0 spiro atoms. The predicted octanol–water partition coefficient (Wildman–Crippen LogP) is 5.51. The van der Waals surface area contributed by atoms with E-state index in [2.05, 4.69) is 40.3 Å². The molecule has 1 unspecified atom stereocenters. The minimum atomic E-state index is -0.968. The van der Waals surface area contributed by atoms with E-state index in [9.17, 15) is 24.0 Å². The van der Waals surface area contributed by atoms with Gasteiger partial charge in [-0.05, 0) is 87.7 Å². The molecule has 4 fully saturated rings. The number of aromatic amines is 1. The first-order valence-electron chi connectivity index (χ1n) is 21.4. The van der Waals surface area contributed by atoms with Gasteiger partial charge in [-0.1, -0.05) is 29.8 Å². The number of likely N-dealkylation sites (tertiary alicyclic amines) is 2. The van der Waals surface area contributed by atoms with Crippen molar-refractivity contribution >= 4 is 63.6 Å². The summed E-state index contributed by atoms with van der Waals surface area (Å²) in [6, 6.07) is 19.6. The first kappa shape index (κ1) is 39.9. The van der Waals surface area contributed by atoms with Crippen molar-refractivity contribution in [1.82, 2.24) is 35.0 Å². The second-order valence-corrected chi connectivity index (χ2v) is 17.4. The van der Waals surface area contributed by atoms with Crippen LogP contribution in [0.2, 0.25) is 5.02 Å². The first-order valence-corrected chi connectivity index (χ1v) is 21.8. The van der Waals surface area contributed by atoms with Gasteiger partial charge in [-0.3, -0.25) is 34.2 Å². The van der Waals surface area contributed by atoms with Crippen LogP contribution in [0.3, 0.4) is 0 Å². The number of nitrogens with one attached hydrogen (secondary N) is 3. The van der Waals surface area contributed by atoms with Crippen LogP contribution in [0.15, 0.2) is 79.3 Å². The number of amides is 4. The number of ether oxygens (including phenoxy) is 1. The molecular formula is C46H46ClN9O6. The molecule has 0 bridgehead atoms. The van der Waals surface area contributed by atoms with Crippen molar-refractivity contribution in [3.05, 3.63) is 107 Å². The SMILES string of the molecule is O=C1CCC(N2C(=O)c3ccc(N4CC(CN5CCC(N6CCC(Nc7ncnc8[nH]cc(C(=O)c9ccc(Oc%10ccccc%10)cc9Cl)c78)CC6)CC5)C4)cc3C2=O)C(=O)N1. The van der Waals surface area contributed by atoms with E-state index in [1.54, 1.807) is 36.5 Å². The highest BCUT2D eigenvalue weighted by molar-refractivity contribution is 6.36. The number of fused-ring (bicyclic) bond motifs is 2. The number of carbonyl (C=O) groups excluding carboxylic acids is 5. The summed E-state index contributed by atoms with van der Waals surface area (Å²) in [6.45, 7) is 6.86. The minimum absolute atomic E-state index is 0.0945. The first-order chi connectivity index (χ1) is 30.2. The van der Waals surface area contributed by atoms with Crippen molar-refractivity contribution in [3.8, 4) is 11.5 Å². The fourth-order valence-corrected chi connectivity index (χ4v) is 10.0. The third kappa shape index (κ3) is 7.69. The van der Waals surface area contributed by atoms with Gasteiger partial charge in [0.1, 0.15) is 35.3 Å². The largest absolute Gasteiger partial charge is 0.457 e. The summed E-state index contributed by atoms with van der Waals surface area (Å²) >= 11 is 6.65. The van der Waals surface area contributed by atoms with E-state index in [-0.39, 0.29) is 30.6 Å². The number of rotatable bonds is 11. The van der Waals surface area contributed by atoms with Gasteiger partial charge in [0.25, 0.3) is 11.8 Å². The van der Waals surface area contributed by atoms with E-state index < -0.39 is 23.8 Å². The Morgan fingerprint density at radius 3 is 2.35 bits per heavy atom. The van der Waals surface area contributed by atoms with E-state index in [4.69, 9.17) is 16.3 Å². The number of aromatic nitrogens is 3. The van der Waals surface area contributed by atoms with Gasteiger partial charge in [-0.15, -0.1) is 0 Å². The fraction of sp³-hybridized carbons (Fsp3) is 0.370. The molecule has 0 saturated carbocycles. The average Bonchev–Trinajstić information content (AvgIpc) is 3.81. The zero-order chi connectivity index (χ0) is 42.5. The van der Waals surface area contributed by atoms with Crippen LogP contribution in [0, 0.1) is 5.92 Å². The predicted molar refractivity (Wildman–Crippen MR) is 232 cm³/mol. The van der Waals surface area contributed by atoms with Crippen molar-refractivity contribution in [3.63, 3.8) is 0 Å². The molecule has 0 aliphatic carbocycles. The number of ketones is 1. The third-order valence-corrected chi connectivity index (χ3v) is 13.4. The Labute approximate surface area is 362 Å². The Morgan fingerprint density at radius 1 is 0.823 bits per heavy atom. The van der Waals surface area contributed by atoms with E-state index in [0.29, 0.717) is 67.6 Å². The van der Waals surface area contributed by atoms with Gasteiger partial charge in [-0.2, -0.15) is 0 Å². The molecule has 0 radical (unpaired) electrons. The molecule has 10 rings (SSSR count). The Balaban J connectivity index is 0.689. The number of piperidine rings is 3. The second kappa shape index (κ2) is 16.6. The summed E-state index contributed by atoms with van der Waals surface area (Å²) in [4.78, 5) is 85.0. The monoisotopic (exact) mass is 855 g/mol. The van der Waals surface area contributed by atoms with E-state index in [0.717, 1.165) is 82.1 Å². The molecule has 5 aromatic rings. The van der Waals surface area contributed by atoms with Gasteiger partial charge in [0.15, 0.2) is 5.78 Å². The zero-order valence-electron chi connectivity index (χ0n) is 34.0. The van der Waals surface area contributed by atoms with E-state index in [1.807, 2.05) is 36.4 Å². The highest BCUT2D eigenvalue weighted by Crippen LogP contribution is 2.35. The number of nitrogens with zero attached hydrogens (tertiary/aromatic N) is 6. The van der Waals surface area contributed by atoms with Crippen LogP contribution in [0.4, 0.5) is 11.5 Å². The lowest BCUT2D eigenvalue weighted by Gasteiger charge is -2.46. The topological polar surface area (TPSA) is 173 Å². The summed E-state index contributed by atoms with van der Waals surface area (Å²) in [5, 5.41) is 6.85. The van der Waals surface area contributed by atoms with Crippen molar-refractivity contribution in [1.29, 1.82) is 0 Å². The number of H-pyrrole nitrogens is 1. The maximum Gasteiger partial charge on any atom is 0.262 e. The van der Waals surface area contributed by atoms with Crippen LogP contribution < -0.4 is 20.3 Å². The Kier molecular flexibility index (Phi) is 10.7. The minimum Gasteiger partial charge on any atom is -0.457 e. The molecule has 3 aromatic carbocycles. The number of imide groups is 2. The van der Waals surface area contributed by atoms with E-state index >= 15 is 0 Å². The van der Waals surface area contributed by atoms with Gasteiger partial charge in [0.05, 0.1) is 27.1 Å². The van der Waals surface area contributed by atoms with Gasteiger partial charge >= 0.3 is 0 Å². The van der Waals surface area contributed by atoms with Gasteiger partial charge < -0.3 is 29.7 Å². The summed E-state index contributed by atoms with van der Waals surface area (Å²) in [5.74, 6) is 0.191. The summed E-state index contributed by atoms with van der Waals surface area (Å²) in [7, 11) is 0. The number of anilines is 2. The molecule has 16 heteroatoms. The van der Waals surface area contributed by atoms with Crippen LogP contribution in [-0.4, -0.2) is 123 Å². The molecule has 318 valence electrons. The van der Waals surface area contributed by atoms with E-state index in [1.165, 1.54) is 6.33 Å². The number of para-hydroxylation sites is 1. The van der Waals surface area contributed by atoms with Crippen LogP contribution in [0.25, 0.3) is 11.0 Å². The van der Waals surface area contributed by atoms with Crippen molar-refractivity contribution in [2.75, 3.05) is 56.0 Å². The molecule has 1 atom stereocenters. The molecule has 3 N–H and O–H groups in total. The molecule has 62 heavy (non-hydrogen) atoms. The van der Waals surface area contributed by atoms with Gasteiger partial charge in [-0.25, -0.2) is 9.97 Å². The molecular weight excluding hydrogens is 810 g/mol. The average molecular weight is 856 g/mol. The molecule has 4 saturated heterocycles. The maximum atomic E-state index is 13.9. The Bertz CT molecular complexity index is 2580. The molecule has 2 aromatic heterocycles. The van der Waals surface area contributed by atoms with Crippen LogP contribution in [0.5, 0.6) is 11.5 Å². The normalized spacial score (nSPS) is 20.7. The lowest BCUT2D eigenvalue weighted by molar-refractivity contribution is -0.136. The smallest absolute Gasteiger partial charge is 0.262 e. The maximum absolute atomic E-state index is 13.9. The molecule has 7 heterocycles. The number of hydrogen-bond donors (Lipinski definition) is 3. The molecule has 4 amide bonds. The van der Waals surface area contributed by atoms with Crippen molar-refractivity contribution in [2.24, 2.45) is 5.92 Å². The second-order valence-electron chi connectivity index (χ2n) is 17.0. The highest BCUT2D eigenvalue weighted by atomic mass is 35.5. The zero-order valence-corrected chi connectivity index (χ0v) is 34.8. The number of hydrogen-bond acceptors (Lipinski definition) is 12. The van der Waals surface area contributed by atoms with Crippen molar-refractivity contribution < 1.29 is 28.7 Å². The fourth-order valence-electron chi connectivity index (χ4n) is 9.75. The lowest BCUT2D eigenvalue weighted by Crippen LogP contribution is -2.54. The highest BCUT2D eigenvalue weighted by Gasteiger charge is 2.45. The van der Waals surface area contributed by atoms with Crippen LogP contribution in [-0.2, 0) is 9.59 Å². The Hall–Kier alpha value is -6.16. The molecule has 5 aliphatic rings. The number of benzene rings is 3. The summed E-state index contributed by atoms with van der Waals surface area (Å²) < 4.78 is 5.91. The molecule has 15 nitrogen and oxygen atoms in total. The van der Waals surface area contributed by atoms with Crippen LogP contribution >= 0.6 is 11.6 Å². The molecule has 5 aliphatic heterocycles. The number of carbonyl (C=O) groups is 5.